The van der Waals surface area contributed by atoms with Crippen LogP contribution in [0.1, 0.15) is 10.4 Å². The van der Waals surface area contributed by atoms with Crippen LogP contribution in [0.5, 0.6) is 5.75 Å². The lowest BCUT2D eigenvalue weighted by Crippen LogP contribution is -2.06. The fourth-order valence-corrected chi connectivity index (χ4v) is 0.752. The van der Waals surface area contributed by atoms with Crippen LogP contribution in [-0.2, 0) is 4.74 Å². The molecule has 0 aliphatic heterocycles. The number of ether oxygens (including phenoxy) is 2. The first-order valence-electron chi connectivity index (χ1n) is 3.57. The van der Waals surface area contributed by atoms with Gasteiger partial charge in [-0.05, 0) is 24.3 Å². The molecular weight excluding hydrogens is 172 g/mol. The van der Waals surface area contributed by atoms with E-state index in [-0.39, 0.29) is 0 Å². The SMILES string of the molecule is COC(=O)Oc1ccc(C=O)cc1. The van der Waals surface area contributed by atoms with Gasteiger partial charge in [0, 0.05) is 5.56 Å². The summed E-state index contributed by atoms with van der Waals surface area (Å²) in [7, 11) is 1.22. The van der Waals surface area contributed by atoms with E-state index in [9.17, 15) is 9.59 Å². The first-order valence-corrected chi connectivity index (χ1v) is 3.57. The number of carbonyl (C=O) groups excluding carboxylic acids is 2. The molecule has 0 amide bonds. The molecule has 0 fully saturated rings. The molecule has 0 radical (unpaired) electrons. The highest BCUT2D eigenvalue weighted by atomic mass is 16.7. The minimum atomic E-state index is -0.779. The van der Waals surface area contributed by atoms with Crippen molar-refractivity contribution in [3.63, 3.8) is 0 Å². The summed E-state index contributed by atoms with van der Waals surface area (Å²) in [6.45, 7) is 0. The fraction of sp³-hybridized carbons (Fsp3) is 0.111. The van der Waals surface area contributed by atoms with Gasteiger partial charge in [-0.15, -0.1) is 0 Å². The highest BCUT2D eigenvalue weighted by Crippen LogP contribution is 2.11. The summed E-state index contributed by atoms with van der Waals surface area (Å²) in [6, 6.07) is 6.12. The Balaban J connectivity index is 2.69. The first kappa shape index (κ1) is 9.25. The Morgan fingerprint density at radius 3 is 2.38 bits per heavy atom. The zero-order valence-electron chi connectivity index (χ0n) is 7.02. The Hall–Kier alpha value is -1.84. The number of hydrogen-bond donors (Lipinski definition) is 0. The molecule has 0 aliphatic carbocycles. The summed E-state index contributed by atoms with van der Waals surface area (Å²) < 4.78 is 8.97. The zero-order chi connectivity index (χ0) is 9.68. The smallest absolute Gasteiger partial charge is 0.437 e. The Morgan fingerprint density at radius 1 is 1.31 bits per heavy atom. The Labute approximate surface area is 75.1 Å². The van der Waals surface area contributed by atoms with Crippen LogP contribution in [0.15, 0.2) is 24.3 Å². The van der Waals surface area contributed by atoms with Crippen LogP contribution < -0.4 is 4.74 Å². The number of aldehydes is 1. The summed E-state index contributed by atoms with van der Waals surface area (Å²) in [4.78, 5) is 20.9. The van der Waals surface area contributed by atoms with Gasteiger partial charge in [0.15, 0.2) is 0 Å². The van der Waals surface area contributed by atoms with Gasteiger partial charge in [-0.25, -0.2) is 4.79 Å². The van der Waals surface area contributed by atoms with E-state index < -0.39 is 6.16 Å². The Morgan fingerprint density at radius 2 is 1.92 bits per heavy atom. The second-order valence-corrected chi connectivity index (χ2v) is 2.24. The van der Waals surface area contributed by atoms with Crippen LogP contribution in [0.2, 0.25) is 0 Å². The van der Waals surface area contributed by atoms with E-state index in [4.69, 9.17) is 0 Å². The second-order valence-electron chi connectivity index (χ2n) is 2.24. The van der Waals surface area contributed by atoms with Crippen LogP contribution in [0.25, 0.3) is 0 Å². The van der Waals surface area contributed by atoms with Crippen LogP contribution in [-0.4, -0.2) is 19.6 Å². The molecular formula is C9H8O4. The van der Waals surface area contributed by atoms with Crippen molar-refractivity contribution < 1.29 is 19.1 Å². The Kier molecular flexibility index (Phi) is 3.03. The monoisotopic (exact) mass is 180 g/mol. The molecule has 1 aromatic rings. The van der Waals surface area contributed by atoms with E-state index in [2.05, 4.69) is 9.47 Å². The van der Waals surface area contributed by atoms with E-state index >= 15 is 0 Å². The molecule has 0 saturated carbocycles. The van der Waals surface area contributed by atoms with Crippen molar-refractivity contribution in [2.45, 2.75) is 0 Å². The second kappa shape index (κ2) is 4.25. The van der Waals surface area contributed by atoms with Gasteiger partial charge in [0.2, 0.25) is 0 Å². The van der Waals surface area contributed by atoms with Crippen molar-refractivity contribution in [1.82, 2.24) is 0 Å². The van der Waals surface area contributed by atoms with Crippen molar-refractivity contribution >= 4 is 12.4 Å². The maximum absolute atomic E-state index is 10.6. The van der Waals surface area contributed by atoms with Gasteiger partial charge < -0.3 is 9.47 Å². The van der Waals surface area contributed by atoms with Crippen LogP contribution in [0.4, 0.5) is 4.79 Å². The summed E-state index contributed by atoms with van der Waals surface area (Å²) >= 11 is 0. The highest BCUT2D eigenvalue weighted by Gasteiger charge is 2.02. The molecule has 0 aromatic heterocycles. The quantitative estimate of drug-likeness (QED) is 0.394. The molecule has 0 bridgehead atoms. The predicted octanol–water partition coefficient (Wildman–Crippen LogP) is 1.64. The molecule has 1 rings (SSSR count). The van der Waals surface area contributed by atoms with Crippen molar-refractivity contribution in [2.75, 3.05) is 7.11 Å². The number of carbonyl (C=O) groups is 2. The predicted molar refractivity (Wildman–Crippen MR) is 44.9 cm³/mol. The summed E-state index contributed by atoms with van der Waals surface area (Å²) in [6.07, 6.45) is -0.0686. The van der Waals surface area contributed by atoms with Gasteiger partial charge >= 0.3 is 6.16 Å². The van der Waals surface area contributed by atoms with Gasteiger partial charge in [-0.1, -0.05) is 0 Å². The number of methoxy groups -OCH3 is 1. The molecule has 0 N–H and O–H groups in total. The van der Waals surface area contributed by atoms with E-state index in [0.29, 0.717) is 17.6 Å². The Bertz CT molecular complexity index is 302. The minimum absolute atomic E-state index is 0.345. The molecule has 0 unspecified atom stereocenters. The third kappa shape index (κ3) is 2.59. The molecule has 0 heterocycles. The van der Waals surface area contributed by atoms with E-state index in [0.717, 1.165) is 0 Å². The van der Waals surface area contributed by atoms with Crippen molar-refractivity contribution in [1.29, 1.82) is 0 Å². The molecule has 0 atom stereocenters. The molecule has 0 saturated heterocycles. The molecule has 0 aliphatic rings. The van der Waals surface area contributed by atoms with Crippen LogP contribution in [0.3, 0.4) is 0 Å². The molecule has 13 heavy (non-hydrogen) atoms. The average Bonchev–Trinajstić information content (AvgIpc) is 2.19. The van der Waals surface area contributed by atoms with Crippen molar-refractivity contribution in [3.05, 3.63) is 29.8 Å². The summed E-state index contributed by atoms with van der Waals surface area (Å²) in [5, 5.41) is 0. The standard InChI is InChI=1S/C9H8O4/c1-12-9(11)13-8-4-2-7(6-10)3-5-8/h2-6H,1H3. The molecule has 4 nitrogen and oxygen atoms in total. The highest BCUT2D eigenvalue weighted by molar-refractivity contribution is 5.75. The van der Waals surface area contributed by atoms with Crippen molar-refractivity contribution in [2.24, 2.45) is 0 Å². The van der Waals surface area contributed by atoms with Crippen LogP contribution >= 0.6 is 0 Å². The lowest BCUT2D eigenvalue weighted by Gasteiger charge is -2.01. The van der Waals surface area contributed by atoms with Crippen LogP contribution in [0, 0.1) is 0 Å². The van der Waals surface area contributed by atoms with E-state index in [1.54, 1.807) is 12.1 Å². The average molecular weight is 180 g/mol. The van der Waals surface area contributed by atoms with Crippen molar-refractivity contribution in [3.8, 4) is 5.75 Å². The lowest BCUT2D eigenvalue weighted by molar-refractivity contribution is 0.112. The number of benzene rings is 1. The zero-order valence-corrected chi connectivity index (χ0v) is 7.02. The minimum Gasteiger partial charge on any atom is -0.437 e. The topological polar surface area (TPSA) is 52.6 Å². The maximum atomic E-state index is 10.6. The first-order chi connectivity index (χ1) is 6.26. The largest absolute Gasteiger partial charge is 0.513 e. The van der Waals surface area contributed by atoms with E-state index in [1.807, 2.05) is 0 Å². The van der Waals surface area contributed by atoms with Gasteiger partial charge in [0.1, 0.15) is 12.0 Å². The van der Waals surface area contributed by atoms with E-state index in [1.165, 1.54) is 19.2 Å². The van der Waals surface area contributed by atoms with Gasteiger partial charge in [0.25, 0.3) is 0 Å². The number of hydrogen-bond acceptors (Lipinski definition) is 4. The maximum Gasteiger partial charge on any atom is 0.513 e. The molecule has 1 aromatic carbocycles. The lowest BCUT2D eigenvalue weighted by atomic mass is 10.2. The van der Waals surface area contributed by atoms with Gasteiger partial charge in [-0.2, -0.15) is 0 Å². The molecule has 0 spiro atoms. The third-order valence-electron chi connectivity index (χ3n) is 1.38. The molecule has 4 heteroatoms. The van der Waals surface area contributed by atoms with Gasteiger partial charge in [-0.3, -0.25) is 4.79 Å². The van der Waals surface area contributed by atoms with Gasteiger partial charge in [0.05, 0.1) is 7.11 Å². The molecule has 68 valence electrons. The summed E-state index contributed by atoms with van der Waals surface area (Å²) in [5.41, 5.74) is 0.525. The normalized spacial score (nSPS) is 9.00. The third-order valence-corrected chi connectivity index (χ3v) is 1.38. The fourth-order valence-electron chi connectivity index (χ4n) is 0.752. The number of rotatable bonds is 2. The summed E-state index contributed by atoms with van der Waals surface area (Å²) in [5.74, 6) is 0.345.